The van der Waals surface area contributed by atoms with Gasteiger partial charge in [-0.3, -0.25) is 4.79 Å². The average molecular weight is 458 g/mol. The summed E-state index contributed by atoms with van der Waals surface area (Å²) in [6.45, 7) is 0. The first kappa shape index (κ1) is 24.3. The van der Waals surface area contributed by atoms with E-state index in [0.29, 0.717) is 12.1 Å². The number of esters is 1. The van der Waals surface area contributed by atoms with Crippen molar-refractivity contribution < 1.29 is 45.8 Å². The topological polar surface area (TPSA) is 99.4 Å². The Labute approximate surface area is 176 Å². The maximum absolute atomic E-state index is 13.0. The Morgan fingerprint density at radius 2 is 1.59 bits per heavy atom. The molecule has 168 valence electrons. The molecule has 0 radical (unpaired) electrons. The molecule has 0 spiro atoms. The number of carbonyl (C=O) groups is 2. The predicted octanol–water partition coefficient (Wildman–Crippen LogP) is 4.76. The lowest BCUT2D eigenvalue weighted by Crippen LogP contribution is -2.16. The van der Waals surface area contributed by atoms with Gasteiger partial charge in [0.1, 0.15) is 17.4 Å². The fraction of sp³-hybridized carbons (Fsp3) is 0.150. The third-order valence-corrected chi connectivity index (χ3v) is 3.95. The average Bonchev–Trinajstić information content (AvgIpc) is 2.70. The fourth-order valence-corrected chi connectivity index (χ4v) is 2.49. The molecule has 32 heavy (non-hydrogen) atoms. The number of benzene rings is 2. The van der Waals surface area contributed by atoms with Crippen molar-refractivity contribution >= 4 is 23.6 Å². The lowest BCUT2D eigenvalue weighted by atomic mass is 10.0. The lowest BCUT2D eigenvalue weighted by molar-refractivity contribution is -0.143. The number of phenolic OH excluding ortho intramolecular Hbond substituents is 1. The summed E-state index contributed by atoms with van der Waals surface area (Å²) in [5, 5.41) is 20.6. The van der Waals surface area contributed by atoms with Gasteiger partial charge in [-0.1, -0.05) is 6.07 Å². The number of carbonyl (C=O) groups excluding carboxylic acids is 2. The van der Waals surface area contributed by atoms with Crippen LogP contribution in [0.25, 0.3) is 6.08 Å². The molecule has 0 aromatic heterocycles. The standard InChI is InChI=1S/C20H12F6N2O4/c1-32-18(31)11(9-27)4-10-2-3-15(29)8-16(10)17(30)28-14-6-12(19(21,22)23)5-13(7-14)20(24,25)26/h2-8,29H,1H3,(H,28,30)/b11-4+. The molecule has 0 aliphatic carbocycles. The molecular weight excluding hydrogens is 446 g/mol. The van der Waals surface area contributed by atoms with Crippen LogP contribution in [-0.2, 0) is 21.9 Å². The largest absolute Gasteiger partial charge is 0.508 e. The monoisotopic (exact) mass is 458 g/mol. The summed E-state index contributed by atoms with van der Waals surface area (Å²) in [5.41, 5.74) is -5.22. The number of methoxy groups -OCH3 is 1. The van der Waals surface area contributed by atoms with Crippen molar-refractivity contribution in [2.75, 3.05) is 12.4 Å². The van der Waals surface area contributed by atoms with E-state index < -0.39 is 57.9 Å². The van der Waals surface area contributed by atoms with Gasteiger partial charge in [-0.2, -0.15) is 31.6 Å². The smallest absolute Gasteiger partial charge is 0.416 e. The third-order valence-electron chi connectivity index (χ3n) is 3.95. The number of anilines is 1. The molecule has 0 saturated heterocycles. The van der Waals surface area contributed by atoms with Crippen LogP contribution in [-0.4, -0.2) is 24.1 Å². The molecular formula is C20H12F6N2O4. The van der Waals surface area contributed by atoms with E-state index in [1.807, 2.05) is 5.32 Å². The molecule has 0 bridgehead atoms. The van der Waals surface area contributed by atoms with Gasteiger partial charge in [0, 0.05) is 5.69 Å². The lowest BCUT2D eigenvalue weighted by Gasteiger charge is -2.15. The summed E-state index contributed by atoms with van der Waals surface area (Å²) >= 11 is 0. The van der Waals surface area contributed by atoms with Crippen LogP contribution in [0, 0.1) is 11.3 Å². The number of hydrogen-bond acceptors (Lipinski definition) is 5. The number of rotatable bonds is 4. The highest BCUT2D eigenvalue weighted by atomic mass is 19.4. The van der Waals surface area contributed by atoms with Gasteiger partial charge in [-0.05, 0) is 42.0 Å². The molecule has 0 heterocycles. The normalized spacial score (nSPS) is 12.1. The number of halogens is 6. The van der Waals surface area contributed by atoms with Crippen LogP contribution in [0.3, 0.4) is 0 Å². The van der Waals surface area contributed by atoms with Gasteiger partial charge in [0.05, 0.1) is 23.8 Å². The Bertz CT molecular complexity index is 1100. The number of amides is 1. The van der Waals surface area contributed by atoms with Gasteiger partial charge >= 0.3 is 18.3 Å². The van der Waals surface area contributed by atoms with Crippen LogP contribution in [0.15, 0.2) is 42.0 Å². The number of nitriles is 1. The Morgan fingerprint density at radius 3 is 2.06 bits per heavy atom. The van der Waals surface area contributed by atoms with E-state index in [9.17, 15) is 41.0 Å². The highest BCUT2D eigenvalue weighted by Gasteiger charge is 2.37. The quantitative estimate of drug-likeness (QED) is 0.298. The predicted molar refractivity (Wildman–Crippen MR) is 98.1 cm³/mol. The maximum Gasteiger partial charge on any atom is 0.416 e. The summed E-state index contributed by atoms with van der Waals surface area (Å²) in [5.74, 6) is -2.73. The van der Waals surface area contributed by atoms with E-state index in [1.54, 1.807) is 0 Å². The molecule has 6 nitrogen and oxygen atoms in total. The molecule has 1 amide bonds. The first-order valence-electron chi connectivity index (χ1n) is 8.40. The van der Waals surface area contributed by atoms with Crippen LogP contribution in [0.4, 0.5) is 32.0 Å². The van der Waals surface area contributed by atoms with Crippen LogP contribution >= 0.6 is 0 Å². The molecule has 0 aliphatic rings. The van der Waals surface area contributed by atoms with Gasteiger partial charge in [0.2, 0.25) is 0 Å². The number of nitrogens with one attached hydrogen (secondary N) is 1. The second kappa shape index (κ2) is 9.01. The van der Waals surface area contributed by atoms with Crippen molar-refractivity contribution in [3.8, 4) is 11.8 Å². The number of hydrogen-bond donors (Lipinski definition) is 2. The number of aromatic hydroxyl groups is 1. The zero-order chi connectivity index (χ0) is 24.3. The number of alkyl halides is 6. The van der Waals surface area contributed by atoms with Crippen molar-refractivity contribution in [1.29, 1.82) is 5.26 Å². The Kier molecular flexibility index (Phi) is 6.83. The summed E-state index contributed by atoms with van der Waals surface area (Å²) < 4.78 is 82.5. The van der Waals surface area contributed by atoms with E-state index in [4.69, 9.17) is 5.26 Å². The van der Waals surface area contributed by atoms with Crippen molar-refractivity contribution in [1.82, 2.24) is 0 Å². The van der Waals surface area contributed by atoms with Crippen molar-refractivity contribution in [3.05, 3.63) is 64.2 Å². The van der Waals surface area contributed by atoms with Crippen molar-refractivity contribution in [2.24, 2.45) is 0 Å². The molecule has 2 aromatic carbocycles. The first-order valence-corrected chi connectivity index (χ1v) is 8.40. The molecule has 2 N–H and O–H groups in total. The number of phenols is 1. The zero-order valence-electron chi connectivity index (χ0n) is 15.9. The van der Waals surface area contributed by atoms with Gasteiger partial charge < -0.3 is 15.2 Å². The SMILES string of the molecule is COC(=O)/C(C#N)=C/c1ccc(O)cc1C(=O)Nc1cc(C(F)(F)F)cc(C(F)(F)F)c1. The summed E-state index contributed by atoms with van der Waals surface area (Å²) in [7, 11) is 0.990. The molecule has 0 unspecified atom stereocenters. The van der Waals surface area contributed by atoms with Crippen LogP contribution < -0.4 is 5.32 Å². The molecule has 0 fully saturated rings. The van der Waals surface area contributed by atoms with E-state index >= 15 is 0 Å². The highest BCUT2D eigenvalue weighted by molar-refractivity contribution is 6.08. The van der Waals surface area contributed by atoms with E-state index in [2.05, 4.69) is 4.74 Å². The minimum absolute atomic E-state index is 0.103. The van der Waals surface area contributed by atoms with E-state index in [0.717, 1.165) is 31.4 Å². The van der Waals surface area contributed by atoms with Gasteiger partial charge in [-0.25, -0.2) is 4.79 Å². The Morgan fingerprint density at radius 1 is 1.03 bits per heavy atom. The van der Waals surface area contributed by atoms with Gasteiger partial charge in [0.25, 0.3) is 5.91 Å². The fourth-order valence-electron chi connectivity index (χ4n) is 2.49. The van der Waals surface area contributed by atoms with Crippen molar-refractivity contribution in [2.45, 2.75) is 12.4 Å². The maximum atomic E-state index is 13.0. The zero-order valence-corrected chi connectivity index (χ0v) is 15.9. The molecule has 0 atom stereocenters. The Hall–Kier alpha value is -4.01. The second-order valence-electron chi connectivity index (χ2n) is 6.18. The van der Waals surface area contributed by atoms with Crippen molar-refractivity contribution in [3.63, 3.8) is 0 Å². The third kappa shape index (κ3) is 5.78. The van der Waals surface area contributed by atoms with Gasteiger partial charge in [0.15, 0.2) is 0 Å². The summed E-state index contributed by atoms with van der Waals surface area (Å²) in [6, 6.07) is 5.08. The van der Waals surface area contributed by atoms with Crippen LogP contribution in [0.5, 0.6) is 5.75 Å². The van der Waals surface area contributed by atoms with Crippen LogP contribution in [0.2, 0.25) is 0 Å². The minimum Gasteiger partial charge on any atom is -0.508 e. The van der Waals surface area contributed by atoms with E-state index in [-0.39, 0.29) is 11.6 Å². The molecule has 0 saturated carbocycles. The molecule has 2 rings (SSSR count). The highest BCUT2D eigenvalue weighted by Crippen LogP contribution is 2.37. The minimum atomic E-state index is -5.12. The summed E-state index contributed by atoms with van der Waals surface area (Å²) in [4.78, 5) is 24.2. The number of ether oxygens (including phenoxy) is 1. The second-order valence-corrected chi connectivity index (χ2v) is 6.18. The van der Waals surface area contributed by atoms with Gasteiger partial charge in [-0.15, -0.1) is 0 Å². The number of nitrogens with zero attached hydrogens (tertiary/aromatic N) is 1. The van der Waals surface area contributed by atoms with Crippen LogP contribution in [0.1, 0.15) is 27.0 Å². The van der Waals surface area contributed by atoms with E-state index in [1.165, 1.54) is 6.07 Å². The first-order chi connectivity index (χ1) is 14.8. The summed E-state index contributed by atoms with van der Waals surface area (Å²) in [6.07, 6.45) is -9.34. The molecule has 12 heteroatoms. The Balaban J connectivity index is 2.54. The molecule has 2 aromatic rings. The molecule has 0 aliphatic heterocycles.